The molecule has 0 saturated carbocycles. The van der Waals surface area contributed by atoms with E-state index in [0.717, 1.165) is 5.69 Å². The lowest BCUT2D eigenvalue weighted by Gasteiger charge is -2.06. The second-order valence-corrected chi connectivity index (χ2v) is 3.23. The Bertz CT molecular complexity index is 454. The third kappa shape index (κ3) is 2.26. The lowest BCUT2D eigenvalue weighted by atomic mass is 10.2. The van der Waals surface area contributed by atoms with Gasteiger partial charge in [-0.15, -0.1) is 0 Å². The van der Waals surface area contributed by atoms with Gasteiger partial charge in [-0.25, -0.2) is 4.39 Å². The molecule has 2 aromatic rings. The fourth-order valence-electron chi connectivity index (χ4n) is 1.29. The normalized spacial score (nSPS) is 9.93. The molecule has 0 aliphatic rings. The quantitative estimate of drug-likeness (QED) is 0.734. The van der Waals surface area contributed by atoms with Crippen molar-refractivity contribution in [1.82, 2.24) is 0 Å². The van der Waals surface area contributed by atoms with Crippen molar-refractivity contribution in [2.75, 3.05) is 11.1 Å². The van der Waals surface area contributed by atoms with Crippen LogP contribution in [-0.2, 0) is 0 Å². The molecular formula is C12H11FN2. The zero-order valence-electron chi connectivity index (χ0n) is 8.07. The summed E-state index contributed by atoms with van der Waals surface area (Å²) < 4.78 is 13.1. The first-order valence-electron chi connectivity index (χ1n) is 4.63. The maximum absolute atomic E-state index is 13.1. The fraction of sp³-hybridized carbons (Fsp3) is 0. The minimum absolute atomic E-state index is 0.161. The average Bonchev–Trinajstić information content (AvgIpc) is 2.25. The Morgan fingerprint density at radius 1 is 0.933 bits per heavy atom. The van der Waals surface area contributed by atoms with Crippen molar-refractivity contribution < 1.29 is 4.39 Å². The van der Waals surface area contributed by atoms with Gasteiger partial charge in [-0.05, 0) is 30.3 Å². The molecule has 0 spiro atoms. The summed E-state index contributed by atoms with van der Waals surface area (Å²) in [4.78, 5) is 0. The van der Waals surface area contributed by atoms with Crippen LogP contribution in [0.1, 0.15) is 0 Å². The van der Waals surface area contributed by atoms with Crippen LogP contribution < -0.4 is 11.1 Å². The molecule has 76 valence electrons. The summed E-state index contributed by atoms with van der Waals surface area (Å²) in [5, 5.41) is 3.08. The van der Waals surface area contributed by atoms with Gasteiger partial charge in [-0.2, -0.15) is 0 Å². The number of hydrogen-bond donors (Lipinski definition) is 2. The molecule has 0 heterocycles. The molecular weight excluding hydrogens is 191 g/mol. The Kier molecular flexibility index (Phi) is 2.54. The van der Waals surface area contributed by atoms with Gasteiger partial charge in [0.2, 0.25) is 0 Å². The number of halogens is 1. The Morgan fingerprint density at radius 3 is 2.33 bits per heavy atom. The van der Waals surface area contributed by atoms with E-state index in [-0.39, 0.29) is 5.69 Å². The summed E-state index contributed by atoms with van der Waals surface area (Å²) in [6.45, 7) is 0. The van der Waals surface area contributed by atoms with Gasteiger partial charge < -0.3 is 11.1 Å². The second kappa shape index (κ2) is 4.00. The van der Waals surface area contributed by atoms with Crippen LogP contribution in [0.2, 0.25) is 0 Å². The molecule has 2 aromatic carbocycles. The number of hydrogen-bond acceptors (Lipinski definition) is 2. The fourth-order valence-corrected chi connectivity index (χ4v) is 1.29. The lowest BCUT2D eigenvalue weighted by molar-refractivity contribution is 0.633. The van der Waals surface area contributed by atoms with Crippen LogP contribution in [0.4, 0.5) is 21.5 Å². The van der Waals surface area contributed by atoms with Crippen LogP contribution in [0.3, 0.4) is 0 Å². The maximum Gasteiger partial charge on any atom is 0.148 e. The summed E-state index contributed by atoms with van der Waals surface area (Å²) >= 11 is 0. The summed E-state index contributed by atoms with van der Waals surface area (Å²) in [5.74, 6) is -0.407. The van der Waals surface area contributed by atoms with Gasteiger partial charge in [0.25, 0.3) is 0 Å². The van der Waals surface area contributed by atoms with E-state index >= 15 is 0 Å². The van der Waals surface area contributed by atoms with Gasteiger partial charge in [0.05, 0.1) is 5.69 Å². The number of nitrogen functional groups attached to an aromatic ring is 1. The van der Waals surface area contributed by atoms with E-state index < -0.39 is 5.82 Å². The molecule has 2 rings (SSSR count). The zero-order chi connectivity index (χ0) is 10.7. The van der Waals surface area contributed by atoms with E-state index in [1.165, 1.54) is 6.07 Å². The minimum atomic E-state index is -0.407. The van der Waals surface area contributed by atoms with Gasteiger partial charge in [0, 0.05) is 11.4 Å². The number of anilines is 3. The molecule has 0 bridgehead atoms. The minimum Gasteiger partial charge on any atom is -0.396 e. The van der Waals surface area contributed by atoms with Crippen LogP contribution >= 0.6 is 0 Å². The molecule has 0 unspecified atom stereocenters. The van der Waals surface area contributed by atoms with E-state index in [1.54, 1.807) is 12.1 Å². The molecule has 3 heteroatoms. The maximum atomic E-state index is 13.1. The largest absolute Gasteiger partial charge is 0.396 e. The zero-order valence-corrected chi connectivity index (χ0v) is 8.07. The van der Waals surface area contributed by atoms with Gasteiger partial charge in [0.15, 0.2) is 0 Å². The number of rotatable bonds is 2. The monoisotopic (exact) mass is 202 g/mol. The van der Waals surface area contributed by atoms with Gasteiger partial charge in [0.1, 0.15) is 5.82 Å². The smallest absolute Gasteiger partial charge is 0.148 e. The van der Waals surface area contributed by atoms with E-state index in [2.05, 4.69) is 5.32 Å². The Balaban J connectivity index is 2.22. The highest BCUT2D eigenvalue weighted by atomic mass is 19.1. The SMILES string of the molecule is Nc1ccc(Nc2ccccc2)cc1F. The number of para-hydroxylation sites is 1. The third-order valence-corrected chi connectivity index (χ3v) is 2.06. The topological polar surface area (TPSA) is 38.0 Å². The first-order chi connectivity index (χ1) is 7.25. The summed E-state index contributed by atoms with van der Waals surface area (Å²) in [7, 11) is 0. The molecule has 0 aromatic heterocycles. The second-order valence-electron chi connectivity index (χ2n) is 3.23. The number of nitrogens with one attached hydrogen (secondary N) is 1. The van der Waals surface area contributed by atoms with Crippen molar-refractivity contribution in [3.63, 3.8) is 0 Å². The summed E-state index contributed by atoms with van der Waals surface area (Å²) in [6.07, 6.45) is 0. The van der Waals surface area contributed by atoms with Crippen LogP contribution in [0, 0.1) is 5.82 Å². The molecule has 0 fully saturated rings. The van der Waals surface area contributed by atoms with Crippen molar-refractivity contribution in [3.05, 3.63) is 54.3 Å². The molecule has 0 saturated heterocycles. The first kappa shape index (κ1) is 9.52. The Morgan fingerprint density at radius 2 is 1.67 bits per heavy atom. The third-order valence-electron chi connectivity index (χ3n) is 2.06. The number of nitrogens with two attached hydrogens (primary N) is 1. The van der Waals surface area contributed by atoms with Crippen LogP contribution in [0.15, 0.2) is 48.5 Å². The van der Waals surface area contributed by atoms with Crippen LogP contribution in [0.5, 0.6) is 0 Å². The van der Waals surface area contributed by atoms with Crippen molar-refractivity contribution in [1.29, 1.82) is 0 Å². The van der Waals surface area contributed by atoms with E-state index in [0.29, 0.717) is 5.69 Å². The Hall–Kier alpha value is -2.03. The van der Waals surface area contributed by atoms with Crippen molar-refractivity contribution >= 4 is 17.1 Å². The molecule has 0 atom stereocenters. The Labute approximate surface area is 87.5 Å². The van der Waals surface area contributed by atoms with Crippen molar-refractivity contribution in [2.24, 2.45) is 0 Å². The highest BCUT2D eigenvalue weighted by Gasteiger charge is 1.99. The molecule has 0 aliphatic carbocycles. The average molecular weight is 202 g/mol. The van der Waals surface area contributed by atoms with Gasteiger partial charge >= 0.3 is 0 Å². The lowest BCUT2D eigenvalue weighted by Crippen LogP contribution is -1.94. The molecule has 2 nitrogen and oxygen atoms in total. The predicted octanol–water partition coefficient (Wildman–Crippen LogP) is 3.15. The summed E-state index contributed by atoms with van der Waals surface area (Å²) in [5.41, 5.74) is 7.15. The molecule has 0 amide bonds. The standard InChI is InChI=1S/C12H11FN2/c13-11-8-10(6-7-12(11)14)15-9-4-2-1-3-5-9/h1-8,15H,14H2. The molecule has 15 heavy (non-hydrogen) atoms. The van der Waals surface area contributed by atoms with Crippen molar-refractivity contribution in [2.45, 2.75) is 0 Å². The van der Waals surface area contributed by atoms with Gasteiger partial charge in [-0.3, -0.25) is 0 Å². The van der Waals surface area contributed by atoms with Crippen LogP contribution in [0.25, 0.3) is 0 Å². The summed E-state index contributed by atoms with van der Waals surface area (Å²) in [6, 6.07) is 14.2. The van der Waals surface area contributed by atoms with E-state index in [4.69, 9.17) is 5.73 Å². The first-order valence-corrected chi connectivity index (χ1v) is 4.63. The highest BCUT2D eigenvalue weighted by molar-refractivity contribution is 5.61. The highest BCUT2D eigenvalue weighted by Crippen LogP contribution is 2.19. The molecule has 3 N–H and O–H groups in total. The van der Waals surface area contributed by atoms with E-state index in [1.807, 2.05) is 30.3 Å². The molecule has 0 aliphatic heterocycles. The predicted molar refractivity (Wildman–Crippen MR) is 60.5 cm³/mol. The van der Waals surface area contributed by atoms with E-state index in [9.17, 15) is 4.39 Å². The molecule has 0 radical (unpaired) electrons. The van der Waals surface area contributed by atoms with Crippen LogP contribution in [-0.4, -0.2) is 0 Å². The van der Waals surface area contributed by atoms with Crippen molar-refractivity contribution in [3.8, 4) is 0 Å². The van der Waals surface area contributed by atoms with Gasteiger partial charge in [-0.1, -0.05) is 18.2 Å². The number of benzene rings is 2.